The molecule has 25 heavy (non-hydrogen) atoms. The lowest BCUT2D eigenvalue weighted by Gasteiger charge is -2.32. The molecule has 1 saturated carbocycles. The lowest BCUT2D eigenvalue weighted by Crippen LogP contribution is -2.42. The largest absolute Gasteiger partial charge is 0.444 e. The van der Waals surface area contributed by atoms with Gasteiger partial charge in [0.1, 0.15) is 11.4 Å². The summed E-state index contributed by atoms with van der Waals surface area (Å²) in [6, 6.07) is 3.65. The minimum Gasteiger partial charge on any atom is -0.444 e. The maximum Gasteiger partial charge on any atom is 0.407 e. The number of alkyl carbamates (subject to hydrolysis) is 1. The highest BCUT2D eigenvalue weighted by atomic mass is 79.9. The summed E-state index contributed by atoms with van der Waals surface area (Å²) < 4.78 is 19.2. The predicted molar refractivity (Wildman–Crippen MR) is 100 cm³/mol. The molecule has 1 amide bonds. The van der Waals surface area contributed by atoms with Crippen LogP contribution in [0.5, 0.6) is 0 Å². The van der Waals surface area contributed by atoms with E-state index in [0.717, 1.165) is 32.2 Å². The molecule has 0 unspecified atom stereocenters. The molecule has 1 aliphatic rings. The Kier molecular flexibility index (Phi) is 6.65. The van der Waals surface area contributed by atoms with Gasteiger partial charge in [-0.15, -0.1) is 0 Å². The molecule has 0 aliphatic heterocycles. The number of pyridine rings is 1. The highest BCUT2D eigenvalue weighted by molar-refractivity contribution is 9.10. The summed E-state index contributed by atoms with van der Waals surface area (Å²) in [7, 11) is 1.93. The Morgan fingerprint density at radius 1 is 1.36 bits per heavy atom. The molecule has 1 aliphatic carbocycles. The number of carbonyl (C=O) groups excluding carboxylic acids is 1. The van der Waals surface area contributed by atoms with E-state index in [4.69, 9.17) is 4.74 Å². The third-order valence-corrected chi connectivity index (χ3v) is 4.87. The van der Waals surface area contributed by atoms with Crippen molar-refractivity contribution in [3.05, 3.63) is 22.6 Å². The van der Waals surface area contributed by atoms with Crippen LogP contribution in [0.1, 0.15) is 46.5 Å². The van der Waals surface area contributed by atoms with E-state index in [1.807, 2.05) is 38.8 Å². The van der Waals surface area contributed by atoms with Crippen LogP contribution in [0.25, 0.3) is 0 Å². The number of amides is 1. The quantitative estimate of drug-likeness (QED) is 0.735. The minimum absolute atomic E-state index is 0.166. The van der Waals surface area contributed by atoms with Gasteiger partial charge in [-0.2, -0.15) is 4.39 Å². The number of nitrogens with zero attached hydrogens (tertiary/aromatic N) is 2. The van der Waals surface area contributed by atoms with E-state index >= 15 is 0 Å². The van der Waals surface area contributed by atoms with Gasteiger partial charge in [0.2, 0.25) is 5.95 Å². The first-order chi connectivity index (χ1) is 11.6. The van der Waals surface area contributed by atoms with Crippen LogP contribution in [0.4, 0.5) is 15.0 Å². The Morgan fingerprint density at radius 2 is 2.00 bits per heavy atom. The van der Waals surface area contributed by atoms with E-state index in [9.17, 15) is 9.18 Å². The molecule has 0 aromatic carbocycles. The normalized spacial score (nSPS) is 20.9. The number of halogens is 2. The zero-order valence-electron chi connectivity index (χ0n) is 15.3. The van der Waals surface area contributed by atoms with Crippen LogP contribution in [0.15, 0.2) is 16.6 Å². The Morgan fingerprint density at radius 3 is 2.56 bits per heavy atom. The van der Waals surface area contributed by atoms with E-state index in [0.29, 0.717) is 16.2 Å². The molecule has 1 aromatic heterocycles. The van der Waals surface area contributed by atoms with Gasteiger partial charge in [0.25, 0.3) is 0 Å². The van der Waals surface area contributed by atoms with Gasteiger partial charge in [-0.3, -0.25) is 0 Å². The summed E-state index contributed by atoms with van der Waals surface area (Å²) in [5, 5.41) is 2.95. The lowest BCUT2D eigenvalue weighted by atomic mass is 9.86. The van der Waals surface area contributed by atoms with Crippen molar-refractivity contribution in [3.8, 4) is 0 Å². The SMILES string of the molecule is CN(CC1CCC(NC(=O)OC(C)(C)C)CC1)c1ccc(Br)c(F)n1. The maximum atomic E-state index is 13.6. The smallest absolute Gasteiger partial charge is 0.407 e. The van der Waals surface area contributed by atoms with E-state index in [1.54, 1.807) is 6.07 Å². The molecule has 2 rings (SSSR count). The van der Waals surface area contributed by atoms with Crippen molar-refractivity contribution in [1.29, 1.82) is 0 Å². The second-order valence-corrected chi connectivity index (χ2v) is 8.54. The van der Waals surface area contributed by atoms with Gasteiger partial charge in [0.05, 0.1) is 4.47 Å². The van der Waals surface area contributed by atoms with Crippen LogP contribution in [-0.2, 0) is 4.74 Å². The molecular weight excluding hydrogens is 389 g/mol. The Bertz CT molecular complexity index is 598. The van der Waals surface area contributed by atoms with Crippen LogP contribution >= 0.6 is 15.9 Å². The van der Waals surface area contributed by atoms with Crippen molar-refractivity contribution in [2.75, 3.05) is 18.5 Å². The molecule has 0 atom stereocenters. The highest BCUT2D eigenvalue weighted by Crippen LogP contribution is 2.27. The highest BCUT2D eigenvalue weighted by Gasteiger charge is 2.25. The van der Waals surface area contributed by atoms with Crippen molar-refractivity contribution < 1.29 is 13.9 Å². The standard InChI is InChI=1S/C18H27BrFN3O2/c1-18(2,3)25-17(24)21-13-7-5-12(6-8-13)11-23(4)15-10-9-14(19)16(20)22-15/h9-10,12-13H,5-8,11H2,1-4H3,(H,21,24). The Labute approximate surface area is 157 Å². The van der Waals surface area contributed by atoms with Crippen molar-refractivity contribution >= 4 is 27.8 Å². The zero-order chi connectivity index (χ0) is 18.6. The van der Waals surface area contributed by atoms with Crippen molar-refractivity contribution in [2.24, 2.45) is 5.92 Å². The number of ether oxygens (including phenoxy) is 1. The molecular formula is C18H27BrFN3O2. The predicted octanol–water partition coefficient (Wildman–Crippen LogP) is 4.50. The molecule has 1 aromatic rings. The molecule has 1 N–H and O–H groups in total. The van der Waals surface area contributed by atoms with Gasteiger partial charge >= 0.3 is 6.09 Å². The summed E-state index contributed by atoms with van der Waals surface area (Å²) in [4.78, 5) is 17.8. The molecule has 0 spiro atoms. The third kappa shape index (κ3) is 6.45. The van der Waals surface area contributed by atoms with Gasteiger partial charge in [0.15, 0.2) is 0 Å². The molecule has 7 heteroatoms. The molecule has 0 bridgehead atoms. The fourth-order valence-corrected chi connectivity index (χ4v) is 3.29. The van der Waals surface area contributed by atoms with Gasteiger partial charge in [0, 0.05) is 19.6 Å². The number of aromatic nitrogens is 1. The second-order valence-electron chi connectivity index (χ2n) is 7.69. The molecule has 1 fully saturated rings. The number of carbonyl (C=O) groups is 1. The first-order valence-corrected chi connectivity index (χ1v) is 9.46. The maximum absolute atomic E-state index is 13.6. The van der Waals surface area contributed by atoms with Gasteiger partial charge in [-0.25, -0.2) is 9.78 Å². The van der Waals surface area contributed by atoms with Crippen molar-refractivity contribution in [1.82, 2.24) is 10.3 Å². The number of anilines is 1. The number of hydrogen-bond acceptors (Lipinski definition) is 4. The Balaban J connectivity index is 1.78. The molecule has 0 saturated heterocycles. The summed E-state index contributed by atoms with van der Waals surface area (Å²) in [6.45, 7) is 6.40. The fourth-order valence-electron chi connectivity index (χ4n) is 3.06. The summed E-state index contributed by atoms with van der Waals surface area (Å²) >= 11 is 3.12. The number of nitrogens with one attached hydrogen (secondary N) is 1. The average molecular weight is 416 g/mol. The monoisotopic (exact) mass is 415 g/mol. The summed E-state index contributed by atoms with van der Waals surface area (Å²) in [5.41, 5.74) is -0.475. The molecule has 140 valence electrons. The first kappa shape index (κ1) is 19.9. The number of hydrogen-bond donors (Lipinski definition) is 1. The molecule has 5 nitrogen and oxygen atoms in total. The van der Waals surface area contributed by atoms with Crippen LogP contribution in [0.2, 0.25) is 0 Å². The second kappa shape index (κ2) is 8.34. The van der Waals surface area contributed by atoms with Gasteiger partial charge in [-0.05, 0) is 80.4 Å². The zero-order valence-corrected chi connectivity index (χ0v) is 16.9. The first-order valence-electron chi connectivity index (χ1n) is 8.67. The van der Waals surface area contributed by atoms with E-state index in [2.05, 4.69) is 26.2 Å². The van der Waals surface area contributed by atoms with Crippen molar-refractivity contribution in [3.63, 3.8) is 0 Å². The Hall–Kier alpha value is -1.37. The topological polar surface area (TPSA) is 54.5 Å². The fraction of sp³-hybridized carbons (Fsp3) is 0.667. The lowest BCUT2D eigenvalue weighted by molar-refractivity contribution is 0.0488. The summed E-state index contributed by atoms with van der Waals surface area (Å²) in [5.74, 6) is 0.652. The van der Waals surface area contributed by atoms with E-state index in [1.165, 1.54) is 0 Å². The molecule has 1 heterocycles. The van der Waals surface area contributed by atoms with Crippen LogP contribution < -0.4 is 10.2 Å². The van der Waals surface area contributed by atoms with E-state index < -0.39 is 11.5 Å². The third-order valence-electron chi connectivity index (χ3n) is 4.28. The van der Waals surface area contributed by atoms with Crippen LogP contribution in [-0.4, -0.2) is 36.3 Å². The van der Waals surface area contributed by atoms with Crippen molar-refractivity contribution in [2.45, 2.75) is 58.1 Å². The molecule has 0 radical (unpaired) electrons. The van der Waals surface area contributed by atoms with E-state index in [-0.39, 0.29) is 12.1 Å². The van der Waals surface area contributed by atoms with Crippen LogP contribution in [0.3, 0.4) is 0 Å². The minimum atomic E-state index is -0.491. The van der Waals surface area contributed by atoms with Gasteiger partial charge in [-0.1, -0.05) is 0 Å². The average Bonchev–Trinajstić information content (AvgIpc) is 2.50. The summed E-state index contributed by atoms with van der Waals surface area (Å²) in [6.07, 6.45) is 3.55. The van der Waals surface area contributed by atoms with Crippen LogP contribution in [0, 0.1) is 11.9 Å². The number of rotatable bonds is 4. The van der Waals surface area contributed by atoms with Gasteiger partial charge < -0.3 is 15.0 Å².